The van der Waals surface area contributed by atoms with E-state index in [4.69, 9.17) is 0 Å². The highest BCUT2D eigenvalue weighted by Gasteiger charge is 2.12. The summed E-state index contributed by atoms with van der Waals surface area (Å²) in [6.45, 7) is 8.88. The summed E-state index contributed by atoms with van der Waals surface area (Å²) >= 11 is 0. The summed E-state index contributed by atoms with van der Waals surface area (Å²) in [6.07, 6.45) is 3.44. The van der Waals surface area contributed by atoms with Crippen molar-refractivity contribution in [1.82, 2.24) is 0 Å². The van der Waals surface area contributed by atoms with Crippen molar-refractivity contribution in [3.8, 4) is 11.8 Å². The molecule has 0 saturated carbocycles. The maximum atomic E-state index is 11.5. The van der Waals surface area contributed by atoms with Crippen LogP contribution in [0.15, 0.2) is 23.8 Å². The highest BCUT2D eigenvalue weighted by Crippen LogP contribution is 2.11. The van der Waals surface area contributed by atoms with Crippen LogP contribution in [0, 0.1) is 11.8 Å². The number of carbonyl (C=O) groups is 1. The van der Waals surface area contributed by atoms with E-state index in [0.29, 0.717) is 11.1 Å². The van der Waals surface area contributed by atoms with Crippen LogP contribution in [0.2, 0.25) is 0 Å². The molecule has 0 bridgehead atoms. The van der Waals surface area contributed by atoms with E-state index in [9.17, 15) is 9.90 Å². The summed E-state index contributed by atoms with van der Waals surface area (Å²) in [5.74, 6) is 4.85. The molecule has 0 rings (SSSR count). The lowest BCUT2D eigenvalue weighted by atomic mass is 10.0. The van der Waals surface area contributed by atoms with Crippen molar-refractivity contribution < 1.29 is 14.6 Å². The number of rotatable bonds is 4. The highest BCUT2D eigenvalue weighted by molar-refractivity contribution is 5.94. The van der Waals surface area contributed by atoms with Crippen LogP contribution in [0.5, 0.6) is 0 Å². The molecule has 0 saturated heterocycles. The Morgan fingerprint density at radius 2 is 2.12 bits per heavy atom. The first-order chi connectivity index (χ1) is 7.81. The first-order valence-electron chi connectivity index (χ1n) is 5.55. The van der Waals surface area contributed by atoms with Crippen LogP contribution < -0.4 is 0 Å². The van der Waals surface area contributed by atoms with Crippen LogP contribution in [0.25, 0.3) is 0 Å². The fraction of sp³-hybridized carbons (Fsp3) is 0.500. The summed E-state index contributed by atoms with van der Waals surface area (Å²) < 4.78 is 4.66. The van der Waals surface area contributed by atoms with E-state index < -0.39 is 11.6 Å². The van der Waals surface area contributed by atoms with Gasteiger partial charge in [-0.2, -0.15) is 0 Å². The summed E-state index contributed by atoms with van der Waals surface area (Å²) in [4.78, 5) is 11.5. The number of hydrogen-bond donors (Lipinski definition) is 1. The molecule has 0 radical (unpaired) electrons. The molecule has 0 fully saturated rings. The zero-order chi connectivity index (χ0) is 13.5. The third-order valence-corrected chi connectivity index (χ3v) is 1.89. The molecule has 0 aromatic heterocycles. The van der Waals surface area contributed by atoms with E-state index in [-0.39, 0.29) is 0 Å². The number of carbonyl (C=O) groups excluding carboxylic acids is 1. The lowest BCUT2D eigenvalue weighted by molar-refractivity contribution is -0.135. The minimum Gasteiger partial charge on any atom is -0.465 e. The Kier molecular flexibility index (Phi) is 6.30. The Balaban J connectivity index is 5.00. The van der Waals surface area contributed by atoms with Crippen LogP contribution in [0.3, 0.4) is 0 Å². The quantitative estimate of drug-likeness (QED) is 0.352. The Hall–Kier alpha value is -1.53. The second-order valence-corrected chi connectivity index (χ2v) is 4.19. The third kappa shape index (κ3) is 6.60. The normalized spacial score (nSPS) is 11.5. The van der Waals surface area contributed by atoms with Gasteiger partial charge in [-0.1, -0.05) is 37.8 Å². The average Bonchev–Trinajstić information content (AvgIpc) is 2.25. The smallest absolute Gasteiger partial charge is 0.338 e. The van der Waals surface area contributed by atoms with Gasteiger partial charge in [0.15, 0.2) is 0 Å². The van der Waals surface area contributed by atoms with Gasteiger partial charge in [0.2, 0.25) is 0 Å². The molecular weight excluding hydrogens is 216 g/mol. The average molecular weight is 236 g/mol. The largest absolute Gasteiger partial charge is 0.465 e. The third-order valence-electron chi connectivity index (χ3n) is 1.89. The van der Waals surface area contributed by atoms with Crippen LogP contribution in [-0.4, -0.2) is 23.8 Å². The molecular formula is C14H20O3. The highest BCUT2D eigenvalue weighted by atomic mass is 16.5. The maximum Gasteiger partial charge on any atom is 0.338 e. The number of methoxy groups -OCH3 is 1. The van der Waals surface area contributed by atoms with E-state index >= 15 is 0 Å². The van der Waals surface area contributed by atoms with Gasteiger partial charge in [0, 0.05) is 5.57 Å². The van der Waals surface area contributed by atoms with Gasteiger partial charge in [-0.3, -0.25) is 0 Å². The summed E-state index contributed by atoms with van der Waals surface area (Å²) in [7, 11) is 1.32. The number of allylic oxidation sites excluding steroid dienone is 1. The van der Waals surface area contributed by atoms with Gasteiger partial charge in [-0.15, -0.1) is 0 Å². The molecule has 94 valence electrons. The molecule has 3 nitrogen and oxygen atoms in total. The van der Waals surface area contributed by atoms with Crippen molar-refractivity contribution in [3.05, 3.63) is 23.8 Å². The van der Waals surface area contributed by atoms with Crippen molar-refractivity contribution in [2.75, 3.05) is 7.11 Å². The Labute approximate surface area is 103 Å². The van der Waals surface area contributed by atoms with Crippen molar-refractivity contribution in [1.29, 1.82) is 0 Å². The molecule has 0 aromatic carbocycles. The Morgan fingerprint density at radius 1 is 1.53 bits per heavy atom. The predicted octanol–water partition coefficient (Wildman–Crippen LogP) is 2.22. The Bertz CT molecular complexity index is 372. The molecule has 0 atom stereocenters. The topological polar surface area (TPSA) is 46.5 Å². The SMILES string of the molecule is C=C(C#CC(C)(C)O)/C(=C\CCC)C(=O)OC. The van der Waals surface area contributed by atoms with Crippen molar-refractivity contribution in [2.45, 2.75) is 39.2 Å². The van der Waals surface area contributed by atoms with E-state index in [1.54, 1.807) is 19.9 Å². The first kappa shape index (κ1) is 15.5. The molecule has 3 heteroatoms. The number of ether oxygens (including phenoxy) is 1. The minimum absolute atomic E-state index is 0.367. The summed E-state index contributed by atoms with van der Waals surface area (Å²) in [5, 5.41) is 9.47. The van der Waals surface area contributed by atoms with Gasteiger partial charge < -0.3 is 9.84 Å². The number of unbranched alkanes of at least 4 members (excludes halogenated alkanes) is 1. The van der Waals surface area contributed by atoms with Crippen molar-refractivity contribution >= 4 is 5.97 Å². The molecule has 0 aliphatic carbocycles. The van der Waals surface area contributed by atoms with Crippen molar-refractivity contribution in [3.63, 3.8) is 0 Å². The van der Waals surface area contributed by atoms with Gasteiger partial charge in [-0.05, 0) is 20.3 Å². The van der Waals surface area contributed by atoms with E-state index in [1.165, 1.54) is 7.11 Å². The number of aliphatic hydroxyl groups is 1. The van der Waals surface area contributed by atoms with E-state index in [2.05, 4.69) is 23.2 Å². The molecule has 0 spiro atoms. The van der Waals surface area contributed by atoms with Crippen LogP contribution in [0.4, 0.5) is 0 Å². The molecule has 0 aliphatic rings. The number of esters is 1. The van der Waals surface area contributed by atoms with Gasteiger partial charge >= 0.3 is 5.97 Å². The molecule has 0 aromatic rings. The van der Waals surface area contributed by atoms with Gasteiger partial charge in [0.25, 0.3) is 0 Å². The standard InChI is InChI=1S/C14H20O3/c1-6-7-8-12(13(15)17-5)11(2)9-10-14(3,4)16/h8,16H,2,6-7H2,1,3-5H3/b12-8+. The monoisotopic (exact) mass is 236 g/mol. The van der Waals surface area contributed by atoms with Crippen molar-refractivity contribution in [2.24, 2.45) is 0 Å². The Morgan fingerprint density at radius 3 is 2.53 bits per heavy atom. The van der Waals surface area contributed by atoms with E-state index in [0.717, 1.165) is 12.8 Å². The maximum absolute atomic E-state index is 11.5. The molecule has 0 aliphatic heterocycles. The van der Waals surface area contributed by atoms with Crippen LogP contribution in [0.1, 0.15) is 33.6 Å². The molecule has 0 amide bonds. The van der Waals surface area contributed by atoms with Crippen LogP contribution in [-0.2, 0) is 9.53 Å². The fourth-order valence-electron chi connectivity index (χ4n) is 1.02. The summed E-state index contributed by atoms with van der Waals surface area (Å²) in [6, 6.07) is 0. The second-order valence-electron chi connectivity index (χ2n) is 4.19. The first-order valence-corrected chi connectivity index (χ1v) is 5.55. The molecule has 17 heavy (non-hydrogen) atoms. The second kappa shape index (κ2) is 6.93. The number of hydrogen-bond acceptors (Lipinski definition) is 3. The van der Waals surface area contributed by atoms with Gasteiger partial charge in [0.1, 0.15) is 5.60 Å². The molecule has 0 unspecified atom stereocenters. The zero-order valence-electron chi connectivity index (χ0n) is 11.0. The fourth-order valence-corrected chi connectivity index (χ4v) is 1.02. The van der Waals surface area contributed by atoms with Gasteiger partial charge in [-0.25, -0.2) is 4.79 Å². The summed E-state index contributed by atoms with van der Waals surface area (Å²) in [5.41, 5.74) is -0.368. The van der Waals surface area contributed by atoms with E-state index in [1.807, 2.05) is 6.92 Å². The lowest BCUT2D eigenvalue weighted by Crippen LogP contribution is -2.15. The zero-order valence-corrected chi connectivity index (χ0v) is 11.0. The molecule has 1 N–H and O–H groups in total. The lowest BCUT2D eigenvalue weighted by Gasteiger charge is -2.07. The predicted molar refractivity (Wildman–Crippen MR) is 68.2 cm³/mol. The minimum atomic E-state index is -1.10. The molecule has 0 heterocycles. The van der Waals surface area contributed by atoms with Gasteiger partial charge in [0.05, 0.1) is 12.7 Å². The van der Waals surface area contributed by atoms with Crippen LogP contribution >= 0.6 is 0 Å².